The second kappa shape index (κ2) is 7.22. The Kier molecular flexibility index (Phi) is 4.64. The van der Waals surface area contributed by atoms with Gasteiger partial charge in [-0.2, -0.15) is 17.0 Å². The summed E-state index contributed by atoms with van der Waals surface area (Å²) >= 11 is 1.82. The number of fused-ring (bicyclic) bond motifs is 1. The van der Waals surface area contributed by atoms with E-state index in [2.05, 4.69) is 57.0 Å². The molecule has 0 spiro atoms. The van der Waals surface area contributed by atoms with E-state index in [0.717, 1.165) is 54.3 Å². The molecule has 0 saturated heterocycles. The Morgan fingerprint density at radius 2 is 2.00 bits per heavy atom. The van der Waals surface area contributed by atoms with Gasteiger partial charge in [0.2, 0.25) is 0 Å². The number of hydrogen-bond acceptors (Lipinski definition) is 6. The third kappa shape index (κ3) is 3.11. The molecule has 5 rings (SSSR count). The minimum absolute atomic E-state index is 0.0819. The van der Waals surface area contributed by atoms with Crippen molar-refractivity contribution in [3.63, 3.8) is 0 Å². The normalized spacial score (nSPS) is 22.0. The molecule has 3 aromatic rings. The third-order valence-electron chi connectivity index (χ3n) is 6.33. The molecule has 1 aliphatic carbocycles. The van der Waals surface area contributed by atoms with Crippen LogP contribution in [0, 0.1) is 11.3 Å². The molecule has 3 heterocycles. The van der Waals surface area contributed by atoms with Crippen LogP contribution in [0.5, 0.6) is 0 Å². The molecular formula is C23H23N5OS. The fraction of sp³-hybridized carbons (Fsp3) is 0.391. The van der Waals surface area contributed by atoms with Crippen LogP contribution in [-0.2, 0) is 18.4 Å². The van der Waals surface area contributed by atoms with Gasteiger partial charge in [-0.1, -0.05) is 24.3 Å². The summed E-state index contributed by atoms with van der Waals surface area (Å²) in [6.45, 7) is 3.12. The van der Waals surface area contributed by atoms with Crippen LogP contribution < -0.4 is 0 Å². The number of aromatic nitrogens is 4. The van der Waals surface area contributed by atoms with Gasteiger partial charge in [0.05, 0.1) is 23.7 Å². The van der Waals surface area contributed by atoms with Crippen molar-refractivity contribution in [2.75, 3.05) is 12.4 Å². The SMILES string of the molecule is CC1(CO)Cc2nnc(C3(c4ccc(-c5cnccc5C#N)cc4)CC3)n2CCS1. The standard InChI is InChI=1S/C23H23N5OS/c1-22(15-29)12-20-26-27-21(28(20)10-11-30-22)23(7-8-23)18-4-2-16(3-5-18)19-14-25-9-6-17(19)13-24/h2-6,9,14,29H,7-8,10-12,15H2,1H3. The largest absolute Gasteiger partial charge is 0.395 e. The monoisotopic (exact) mass is 417 g/mol. The van der Waals surface area contributed by atoms with E-state index in [4.69, 9.17) is 0 Å². The molecule has 2 aromatic heterocycles. The molecule has 6 nitrogen and oxygen atoms in total. The van der Waals surface area contributed by atoms with Crippen LogP contribution in [0.1, 0.15) is 42.5 Å². The summed E-state index contributed by atoms with van der Waals surface area (Å²) in [7, 11) is 0. The lowest BCUT2D eigenvalue weighted by Gasteiger charge is -2.23. The first kappa shape index (κ1) is 19.3. The molecular weight excluding hydrogens is 394 g/mol. The third-order valence-corrected chi connectivity index (χ3v) is 7.68. The Labute approximate surface area is 180 Å². The van der Waals surface area contributed by atoms with E-state index in [9.17, 15) is 10.4 Å². The van der Waals surface area contributed by atoms with Crippen molar-refractivity contribution in [3.05, 3.63) is 65.5 Å². The van der Waals surface area contributed by atoms with E-state index in [1.54, 1.807) is 18.5 Å². The van der Waals surface area contributed by atoms with Gasteiger partial charge in [0.1, 0.15) is 11.6 Å². The average molecular weight is 418 g/mol. The zero-order valence-electron chi connectivity index (χ0n) is 16.9. The molecule has 152 valence electrons. The van der Waals surface area contributed by atoms with Crippen LogP contribution in [0.25, 0.3) is 11.1 Å². The van der Waals surface area contributed by atoms with Gasteiger partial charge < -0.3 is 9.67 Å². The molecule has 1 unspecified atom stereocenters. The van der Waals surface area contributed by atoms with Gasteiger partial charge in [-0.05, 0) is 37.0 Å². The predicted octanol–water partition coefficient (Wildman–Crippen LogP) is 3.33. The summed E-state index contributed by atoms with van der Waals surface area (Å²) in [5.41, 5.74) is 3.64. The van der Waals surface area contributed by atoms with Crippen molar-refractivity contribution in [2.45, 2.75) is 42.9 Å². The first-order valence-electron chi connectivity index (χ1n) is 10.2. The first-order valence-corrected chi connectivity index (χ1v) is 11.2. The number of aliphatic hydroxyl groups excluding tert-OH is 1. The van der Waals surface area contributed by atoms with Gasteiger partial charge >= 0.3 is 0 Å². The Morgan fingerprint density at radius 1 is 1.20 bits per heavy atom. The fourth-order valence-corrected chi connectivity index (χ4v) is 5.47. The zero-order valence-corrected chi connectivity index (χ0v) is 17.7. The highest BCUT2D eigenvalue weighted by atomic mass is 32.2. The maximum Gasteiger partial charge on any atom is 0.143 e. The molecule has 0 amide bonds. The zero-order chi connectivity index (χ0) is 20.8. The van der Waals surface area contributed by atoms with Crippen LogP contribution in [-0.4, -0.2) is 42.0 Å². The van der Waals surface area contributed by atoms with E-state index in [-0.39, 0.29) is 16.8 Å². The van der Waals surface area contributed by atoms with Crippen LogP contribution >= 0.6 is 11.8 Å². The quantitative estimate of drug-likeness (QED) is 0.701. The molecule has 1 fully saturated rings. The Balaban J connectivity index is 1.48. The maximum atomic E-state index is 9.81. The van der Waals surface area contributed by atoms with E-state index in [1.165, 1.54) is 5.56 Å². The number of aliphatic hydroxyl groups is 1. The van der Waals surface area contributed by atoms with Crippen molar-refractivity contribution in [1.82, 2.24) is 19.7 Å². The number of nitrogens with zero attached hydrogens (tertiary/aromatic N) is 5. The summed E-state index contributed by atoms with van der Waals surface area (Å²) in [6, 6.07) is 12.4. The summed E-state index contributed by atoms with van der Waals surface area (Å²) in [4.78, 5) is 4.18. The van der Waals surface area contributed by atoms with Crippen molar-refractivity contribution in [2.24, 2.45) is 0 Å². The van der Waals surface area contributed by atoms with E-state index in [0.29, 0.717) is 5.56 Å². The number of thioether (sulfide) groups is 1. The van der Waals surface area contributed by atoms with Crippen LogP contribution in [0.2, 0.25) is 0 Å². The van der Waals surface area contributed by atoms with Gasteiger partial charge in [-0.15, -0.1) is 10.2 Å². The predicted molar refractivity (Wildman–Crippen MR) is 116 cm³/mol. The first-order chi connectivity index (χ1) is 14.6. The molecule has 1 saturated carbocycles. The van der Waals surface area contributed by atoms with Crippen molar-refractivity contribution in [3.8, 4) is 17.2 Å². The van der Waals surface area contributed by atoms with Crippen LogP contribution in [0.15, 0.2) is 42.7 Å². The highest BCUT2D eigenvalue weighted by Gasteiger charge is 2.50. The molecule has 1 aromatic carbocycles. The second-order valence-corrected chi connectivity index (χ2v) is 10.1. The lowest BCUT2D eigenvalue weighted by Crippen LogP contribution is -2.28. The minimum atomic E-state index is -0.195. The van der Waals surface area contributed by atoms with Crippen LogP contribution in [0.4, 0.5) is 0 Å². The summed E-state index contributed by atoms with van der Waals surface area (Å²) < 4.78 is 2.09. The number of benzene rings is 1. The van der Waals surface area contributed by atoms with Crippen molar-refractivity contribution in [1.29, 1.82) is 5.26 Å². The van der Waals surface area contributed by atoms with E-state index < -0.39 is 0 Å². The summed E-state index contributed by atoms with van der Waals surface area (Å²) in [6.07, 6.45) is 6.24. The van der Waals surface area contributed by atoms with Crippen molar-refractivity contribution < 1.29 is 5.11 Å². The van der Waals surface area contributed by atoms with E-state index in [1.807, 2.05) is 11.8 Å². The Bertz CT molecular complexity index is 1130. The summed E-state index contributed by atoms with van der Waals surface area (Å²) in [5, 5.41) is 28.3. The van der Waals surface area contributed by atoms with Gasteiger partial charge in [0.25, 0.3) is 0 Å². The second-order valence-electron chi connectivity index (χ2n) is 8.42. The molecule has 0 radical (unpaired) electrons. The lowest BCUT2D eigenvalue weighted by atomic mass is 9.92. The van der Waals surface area contributed by atoms with Gasteiger partial charge in [0.15, 0.2) is 0 Å². The fourth-order valence-electron chi connectivity index (χ4n) is 4.38. The van der Waals surface area contributed by atoms with Gasteiger partial charge in [-0.25, -0.2) is 0 Å². The van der Waals surface area contributed by atoms with Crippen molar-refractivity contribution >= 4 is 11.8 Å². The minimum Gasteiger partial charge on any atom is -0.395 e. The molecule has 1 aliphatic heterocycles. The topological polar surface area (TPSA) is 87.6 Å². The molecule has 0 bridgehead atoms. The highest BCUT2D eigenvalue weighted by molar-refractivity contribution is 8.00. The molecule has 7 heteroatoms. The number of nitriles is 1. The summed E-state index contributed by atoms with van der Waals surface area (Å²) in [5.74, 6) is 2.97. The average Bonchev–Trinajstić information content (AvgIpc) is 3.53. The highest BCUT2D eigenvalue weighted by Crippen LogP contribution is 2.53. The molecule has 30 heavy (non-hydrogen) atoms. The molecule has 1 N–H and O–H groups in total. The molecule has 1 atom stereocenters. The Hall–Kier alpha value is -2.69. The maximum absolute atomic E-state index is 9.81. The van der Waals surface area contributed by atoms with E-state index >= 15 is 0 Å². The smallest absolute Gasteiger partial charge is 0.143 e. The Morgan fingerprint density at radius 3 is 2.70 bits per heavy atom. The lowest BCUT2D eigenvalue weighted by molar-refractivity contribution is 0.254. The number of rotatable bonds is 4. The van der Waals surface area contributed by atoms with Gasteiger partial charge in [-0.3, -0.25) is 4.98 Å². The van der Waals surface area contributed by atoms with Crippen LogP contribution in [0.3, 0.4) is 0 Å². The molecule has 2 aliphatic rings. The number of hydrogen-bond donors (Lipinski definition) is 1. The number of pyridine rings is 1. The van der Waals surface area contributed by atoms with Gasteiger partial charge in [0, 0.05) is 41.4 Å².